The lowest BCUT2D eigenvalue weighted by Crippen LogP contribution is -2.64. The van der Waals surface area contributed by atoms with Gasteiger partial charge in [-0.2, -0.15) is 0 Å². The van der Waals surface area contributed by atoms with Crippen molar-refractivity contribution in [1.29, 1.82) is 0 Å². The number of nitrogens with zero attached hydrogens (tertiary/aromatic N) is 2. The van der Waals surface area contributed by atoms with E-state index < -0.39 is 60.6 Å². The SMILES string of the molecule is CC(C)[C@@H]1CCCN1C(=O)c1cc(OCC(=O)N[C@H]2C(O)O[C@H](CO)[C@@H](O)[C@@H]2O)ccc1[N+](=O)[O-]. The number of rotatable bonds is 8. The van der Waals surface area contributed by atoms with E-state index in [1.807, 2.05) is 13.8 Å². The Hall–Kier alpha value is -2.84. The molecule has 1 aromatic rings. The van der Waals surface area contributed by atoms with Crippen LogP contribution in [0, 0.1) is 16.0 Å². The standard InChI is InChI=1S/C22H31N3O10/c1-11(2)14-4-3-7-24(14)21(30)13-8-12(5-6-15(13)25(32)33)34-10-17(27)23-18-20(29)19(28)16(9-26)35-22(18)31/h5-6,8,11,14,16,18-20,22,26,28-29,31H,3-4,7,9-10H2,1-2H3,(H,23,27)/t14-,16+,18+,19+,20+,22?/m0/s1. The first kappa shape index (κ1) is 26.8. The minimum atomic E-state index is -1.69. The number of benzene rings is 1. The van der Waals surface area contributed by atoms with E-state index in [1.54, 1.807) is 4.90 Å². The summed E-state index contributed by atoms with van der Waals surface area (Å²) in [7, 11) is 0. The number of nitrogens with one attached hydrogen (secondary N) is 1. The van der Waals surface area contributed by atoms with Crippen LogP contribution in [0.2, 0.25) is 0 Å². The van der Waals surface area contributed by atoms with E-state index in [2.05, 4.69) is 5.32 Å². The Morgan fingerprint density at radius 3 is 2.63 bits per heavy atom. The van der Waals surface area contributed by atoms with Gasteiger partial charge in [0.2, 0.25) is 0 Å². The van der Waals surface area contributed by atoms with Crippen LogP contribution in [0.3, 0.4) is 0 Å². The summed E-state index contributed by atoms with van der Waals surface area (Å²) in [4.78, 5) is 38.0. The molecule has 2 aliphatic rings. The predicted octanol–water partition coefficient (Wildman–Crippen LogP) is -0.850. The summed E-state index contributed by atoms with van der Waals surface area (Å²) in [6, 6.07) is 2.19. The third kappa shape index (κ3) is 5.87. The van der Waals surface area contributed by atoms with E-state index >= 15 is 0 Å². The van der Waals surface area contributed by atoms with Gasteiger partial charge in [-0.3, -0.25) is 19.7 Å². The summed E-state index contributed by atoms with van der Waals surface area (Å²) in [5.41, 5.74) is -0.524. The van der Waals surface area contributed by atoms with Crippen molar-refractivity contribution in [3.8, 4) is 5.75 Å². The van der Waals surface area contributed by atoms with Crippen molar-refractivity contribution in [2.24, 2.45) is 5.92 Å². The third-order valence-electron chi connectivity index (χ3n) is 6.32. The molecule has 35 heavy (non-hydrogen) atoms. The van der Waals surface area contributed by atoms with Crippen LogP contribution >= 0.6 is 0 Å². The molecule has 0 saturated carbocycles. The summed E-state index contributed by atoms with van der Waals surface area (Å²) < 4.78 is 10.4. The Morgan fingerprint density at radius 2 is 2.00 bits per heavy atom. The second kappa shape index (κ2) is 11.3. The van der Waals surface area contributed by atoms with Crippen LogP contribution in [0.15, 0.2) is 18.2 Å². The van der Waals surface area contributed by atoms with Gasteiger partial charge in [0.25, 0.3) is 17.5 Å². The molecule has 0 spiro atoms. The van der Waals surface area contributed by atoms with Crippen LogP contribution in [0.4, 0.5) is 5.69 Å². The molecule has 2 fully saturated rings. The maximum Gasteiger partial charge on any atom is 0.282 e. The first-order chi connectivity index (χ1) is 16.5. The van der Waals surface area contributed by atoms with Gasteiger partial charge < -0.3 is 40.1 Å². The molecule has 194 valence electrons. The quantitative estimate of drug-likeness (QED) is 0.223. The van der Waals surface area contributed by atoms with Crippen molar-refractivity contribution in [2.45, 2.75) is 63.4 Å². The Labute approximate surface area is 201 Å². The largest absolute Gasteiger partial charge is 0.484 e. The molecule has 2 aliphatic heterocycles. The summed E-state index contributed by atoms with van der Waals surface area (Å²) in [6.45, 7) is 3.20. The molecule has 2 amide bonds. The van der Waals surface area contributed by atoms with Gasteiger partial charge in [-0.25, -0.2) is 0 Å². The highest BCUT2D eigenvalue weighted by Crippen LogP contribution is 2.30. The van der Waals surface area contributed by atoms with Gasteiger partial charge in [-0.1, -0.05) is 13.8 Å². The number of aliphatic hydroxyl groups excluding tert-OH is 4. The summed E-state index contributed by atoms with van der Waals surface area (Å²) in [5, 5.41) is 52.9. The molecular formula is C22H31N3O10. The lowest BCUT2D eigenvalue weighted by Gasteiger charge is -2.40. The Bertz CT molecular complexity index is 942. The minimum Gasteiger partial charge on any atom is -0.484 e. The molecule has 5 N–H and O–H groups in total. The summed E-state index contributed by atoms with van der Waals surface area (Å²) in [6.07, 6.45) is -4.45. The number of hydrogen-bond donors (Lipinski definition) is 5. The first-order valence-electron chi connectivity index (χ1n) is 11.4. The van der Waals surface area contributed by atoms with Crippen LogP contribution in [0.5, 0.6) is 5.75 Å². The zero-order chi connectivity index (χ0) is 25.9. The molecule has 2 heterocycles. The van der Waals surface area contributed by atoms with E-state index in [1.165, 1.54) is 12.1 Å². The fourth-order valence-corrected chi connectivity index (χ4v) is 4.46. The highest BCUT2D eigenvalue weighted by atomic mass is 16.6. The molecule has 13 heteroatoms. The van der Waals surface area contributed by atoms with Crippen molar-refractivity contribution >= 4 is 17.5 Å². The number of aliphatic hydroxyl groups is 4. The minimum absolute atomic E-state index is 0.0335. The van der Waals surface area contributed by atoms with Crippen molar-refractivity contribution in [1.82, 2.24) is 10.2 Å². The lowest BCUT2D eigenvalue weighted by atomic mass is 9.97. The zero-order valence-corrected chi connectivity index (χ0v) is 19.4. The van der Waals surface area contributed by atoms with Gasteiger partial charge in [-0.15, -0.1) is 0 Å². The molecule has 0 aliphatic carbocycles. The number of amides is 2. The fourth-order valence-electron chi connectivity index (χ4n) is 4.46. The number of nitro benzene ring substituents is 1. The van der Waals surface area contributed by atoms with Crippen molar-refractivity contribution in [2.75, 3.05) is 19.8 Å². The number of carbonyl (C=O) groups is 2. The van der Waals surface area contributed by atoms with Crippen LogP contribution in [0.25, 0.3) is 0 Å². The molecular weight excluding hydrogens is 466 g/mol. The smallest absolute Gasteiger partial charge is 0.282 e. The maximum absolute atomic E-state index is 13.2. The highest BCUT2D eigenvalue weighted by molar-refractivity contribution is 5.99. The van der Waals surface area contributed by atoms with Gasteiger partial charge >= 0.3 is 0 Å². The number of carbonyl (C=O) groups excluding carboxylic acids is 2. The maximum atomic E-state index is 13.2. The molecule has 6 atom stereocenters. The average molecular weight is 498 g/mol. The molecule has 0 radical (unpaired) electrons. The van der Waals surface area contributed by atoms with Crippen molar-refractivity contribution < 1.29 is 44.4 Å². The van der Waals surface area contributed by atoms with E-state index in [9.17, 15) is 35.0 Å². The van der Waals surface area contributed by atoms with Crippen LogP contribution in [-0.2, 0) is 9.53 Å². The average Bonchev–Trinajstić information content (AvgIpc) is 3.32. The third-order valence-corrected chi connectivity index (χ3v) is 6.32. The lowest BCUT2D eigenvalue weighted by molar-refractivity contribution is -0.385. The Morgan fingerprint density at radius 1 is 1.29 bits per heavy atom. The molecule has 0 bridgehead atoms. The molecule has 3 rings (SSSR count). The van der Waals surface area contributed by atoms with Gasteiger partial charge in [0, 0.05) is 18.7 Å². The highest BCUT2D eigenvalue weighted by Gasteiger charge is 2.44. The van der Waals surface area contributed by atoms with Crippen molar-refractivity contribution in [3.05, 3.63) is 33.9 Å². The van der Waals surface area contributed by atoms with Crippen LogP contribution < -0.4 is 10.1 Å². The summed E-state index contributed by atoms with van der Waals surface area (Å²) in [5.74, 6) is -1.06. The molecule has 13 nitrogen and oxygen atoms in total. The molecule has 1 aromatic carbocycles. The number of hydrogen-bond acceptors (Lipinski definition) is 10. The monoisotopic (exact) mass is 497 g/mol. The van der Waals surface area contributed by atoms with E-state index in [0.717, 1.165) is 18.9 Å². The number of likely N-dealkylation sites (tertiary alicyclic amines) is 1. The normalized spacial score (nSPS) is 28.7. The predicted molar refractivity (Wildman–Crippen MR) is 119 cm³/mol. The zero-order valence-electron chi connectivity index (χ0n) is 19.4. The topological polar surface area (TPSA) is 192 Å². The van der Waals surface area contributed by atoms with Gasteiger partial charge in [0.15, 0.2) is 12.9 Å². The molecule has 1 unspecified atom stereocenters. The van der Waals surface area contributed by atoms with E-state index in [-0.39, 0.29) is 29.0 Å². The van der Waals surface area contributed by atoms with Crippen LogP contribution in [-0.4, -0.2) is 98.5 Å². The van der Waals surface area contributed by atoms with Gasteiger partial charge in [0.05, 0.1) is 11.5 Å². The van der Waals surface area contributed by atoms with Gasteiger partial charge in [0.1, 0.15) is 35.7 Å². The van der Waals surface area contributed by atoms with Crippen molar-refractivity contribution in [3.63, 3.8) is 0 Å². The second-order valence-corrected chi connectivity index (χ2v) is 9.00. The Kier molecular flexibility index (Phi) is 8.61. The van der Waals surface area contributed by atoms with Gasteiger partial charge in [-0.05, 0) is 30.9 Å². The number of nitro groups is 1. The molecule has 0 aromatic heterocycles. The summed E-state index contributed by atoms with van der Waals surface area (Å²) >= 11 is 0. The van der Waals surface area contributed by atoms with Crippen LogP contribution in [0.1, 0.15) is 37.0 Å². The number of ether oxygens (including phenoxy) is 2. The first-order valence-corrected chi connectivity index (χ1v) is 11.4. The van der Waals surface area contributed by atoms with E-state index in [4.69, 9.17) is 14.6 Å². The molecule has 2 saturated heterocycles. The van der Waals surface area contributed by atoms with E-state index in [0.29, 0.717) is 6.54 Å². The Balaban J connectivity index is 1.69. The fraction of sp³-hybridized carbons (Fsp3) is 0.636. The second-order valence-electron chi connectivity index (χ2n) is 9.00.